The number of aromatic amines is 1. The standard InChI is InChI=1S/C23H18F2N4O2S/c24-22(25)31-20-12-8-18(9-13-20)21-27-28-23(32)29(21)26-14-16-6-10-19(11-7-16)30-15-17-4-2-1-3-5-17/h1-14,22H,15H2,(H,28,32). The molecule has 0 atom stereocenters. The van der Waals surface area contributed by atoms with Crippen LogP contribution in [-0.2, 0) is 6.61 Å². The molecule has 4 rings (SSSR count). The average molecular weight is 452 g/mol. The van der Waals surface area contributed by atoms with Crippen LogP contribution in [0, 0.1) is 4.77 Å². The smallest absolute Gasteiger partial charge is 0.387 e. The molecule has 32 heavy (non-hydrogen) atoms. The highest BCUT2D eigenvalue weighted by Crippen LogP contribution is 2.22. The van der Waals surface area contributed by atoms with E-state index in [1.165, 1.54) is 16.8 Å². The monoisotopic (exact) mass is 452 g/mol. The summed E-state index contributed by atoms with van der Waals surface area (Å²) in [5.41, 5.74) is 2.57. The number of aromatic nitrogens is 3. The molecule has 0 aliphatic heterocycles. The van der Waals surface area contributed by atoms with Gasteiger partial charge < -0.3 is 9.47 Å². The molecular weight excluding hydrogens is 434 g/mol. The van der Waals surface area contributed by atoms with Crippen LogP contribution in [0.2, 0.25) is 0 Å². The van der Waals surface area contributed by atoms with Crippen molar-refractivity contribution in [3.8, 4) is 22.9 Å². The van der Waals surface area contributed by atoms with Crippen molar-refractivity contribution in [2.45, 2.75) is 13.2 Å². The fourth-order valence-corrected chi connectivity index (χ4v) is 3.07. The third-order valence-electron chi connectivity index (χ3n) is 4.44. The summed E-state index contributed by atoms with van der Waals surface area (Å²) in [5, 5.41) is 11.3. The van der Waals surface area contributed by atoms with Gasteiger partial charge in [0.05, 0.1) is 6.21 Å². The summed E-state index contributed by atoms with van der Waals surface area (Å²) in [7, 11) is 0. The molecule has 0 radical (unpaired) electrons. The van der Waals surface area contributed by atoms with Gasteiger partial charge in [-0.05, 0) is 71.9 Å². The van der Waals surface area contributed by atoms with Gasteiger partial charge in [-0.1, -0.05) is 30.3 Å². The van der Waals surface area contributed by atoms with E-state index in [1.54, 1.807) is 18.3 Å². The van der Waals surface area contributed by atoms with Gasteiger partial charge in [0.1, 0.15) is 18.1 Å². The summed E-state index contributed by atoms with van der Waals surface area (Å²) in [5.74, 6) is 1.25. The van der Waals surface area contributed by atoms with Crippen LogP contribution in [0.1, 0.15) is 11.1 Å². The molecule has 0 aliphatic rings. The van der Waals surface area contributed by atoms with E-state index in [1.807, 2.05) is 54.6 Å². The van der Waals surface area contributed by atoms with E-state index in [4.69, 9.17) is 17.0 Å². The molecular formula is C23H18F2N4O2S. The Kier molecular flexibility index (Phi) is 6.66. The second-order valence-electron chi connectivity index (χ2n) is 6.65. The Morgan fingerprint density at radius 3 is 2.34 bits per heavy atom. The zero-order valence-electron chi connectivity index (χ0n) is 16.7. The fourth-order valence-electron chi connectivity index (χ4n) is 2.89. The van der Waals surface area contributed by atoms with Crippen molar-refractivity contribution in [2.75, 3.05) is 0 Å². The van der Waals surface area contributed by atoms with E-state index in [0.29, 0.717) is 22.8 Å². The van der Waals surface area contributed by atoms with Gasteiger partial charge in [0.15, 0.2) is 5.82 Å². The first-order chi connectivity index (χ1) is 15.6. The Morgan fingerprint density at radius 2 is 1.66 bits per heavy atom. The van der Waals surface area contributed by atoms with E-state index < -0.39 is 6.61 Å². The zero-order valence-corrected chi connectivity index (χ0v) is 17.5. The molecule has 1 aromatic heterocycles. The van der Waals surface area contributed by atoms with Crippen molar-refractivity contribution >= 4 is 18.4 Å². The van der Waals surface area contributed by atoms with Gasteiger partial charge >= 0.3 is 6.61 Å². The molecule has 0 saturated heterocycles. The highest BCUT2D eigenvalue weighted by atomic mass is 32.1. The Bertz CT molecular complexity index is 1240. The summed E-state index contributed by atoms with van der Waals surface area (Å²) in [6, 6.07) is 23.5. The summed E-state index contributed by atoms with van der Waals surface area (Å²) >= 11 is 5.26. The molecule has 162 valence electrons. The number of halogens is 2. The predicted molar refractivity (Wildman–Crippen MR) is 120 cm³/mol. The lowest BCUT2D eigenvalue weighted by Gasteiger charge is -2.06. The number of ether oxygens (including phenoxy) is 2. The van der Waals surface area contributed by atoms with Crippen molar-refractivity contribution in [2.24, 2.45) is 5.10 Å². The van der Waals surface area contributed by atoms with Crippen molar-refractivity contribution in [1.82, 2.24) is 14.9 Å². The summed E-state index contributed by atoms with van der Waals surface area (Å²) in [4.78, 5) is 0. The van der Waals surface area contributed by atoms with Gasteiger partial charge in [-0.2, -0.15) is 23.7 Å². The maximum atomic E-state index is 12.3. The molecule has 1 heterocycles. The third kappa shape index (κ3) is 5.44. The highest BCUT2D eigenvalue weighted by molar-refractivity contribution is 7.71. The SMILES string of the molecule is FC(F)Oc1ccc(-c2n[nH]c(=S)n2N=Cc2ccc(OCc3ccccc3)cc2)cc1. The number of hydrogen-bond donors (Lipinski definition) is 1. The van der Waals surface area contributed by atoms with Crippen LogP contribution in [0.25, 0.3) is 11.4 Å². The first-order valence-corrected chi connectivity index (χ1v) is 10.0. The largest absolute Gasteiger partial charge is 0.489 e. The van der Waals surface area contributed by atoms with Crippen molar-refractivity contribution in [1.29, 1.82) is 0 Å². The van der Waals surface area contributed by atoms with Crippen LogP contribution in [0.4, 0.5) is 8.78 Å². The summed E-state index contributed by atoms with van der Waals surface area (Å²) in [6.07, 6.45) is 1.64. The fraction of sp³-hybridized carbons (Fsp3) is 0.0870. The van der Waals surface area contributed by atoms with Gasteiger partial charge in [0, 0.05) is 5.56 Å². The van der Waals surface area contributed by atoms with Gasteiger partial charge in [-0.15, -0.1) is 0 Å². The molecule has 0 saturated carbocycles. The Balaban J connectivity index is 1.45. The highest BCUT2D eigenvalue weighted by Gasteiger charge is 2.10. The van der Waals surface area contributed by atoms with E-state index in [2.05, 4.69) is 20.0 Å². The van der Waals surface area contributed by atoms with Gasteiger partial charge in [0.2, 0.25) is 4.77 Å². The van der Waals surface area contributed by atoms with Crippen LogP contribution in [-0.4, -0.2) is 27.7 Å². The predicted octanol–water partition coefficient (Wildman–Crippen LogP) is 5.67. The van der Waals surface area contributed by atoms with Crippen LogP contribution in [0.3, 0.4) is 0 Å². The van der Waals surface area contributed by atoms with Crippen molar-refractivity contribution < 1.29 is 18.3 Å². The Labute approximate surface area is 187 Å². The maximum Gasteiger partial charge on any atom is 0.387 e. The molecule has 0 spiro atoms. The lowest BCUT2D eigenvalue weighted by molar-refractivity contribution is -0.0498. The molecule has 9 heteroatoms. The summed E-state index contributed by atoms with van der Waals surface area (Å²) < 4.78 is 36.6. The Hall–Kier alpha value is -3.85. The third-order valence-corrected chi connectivity index (χ3v) is 4.70. The molecule has 0 fully saturated rings. The number of benzene rings is 3. The number of alkyl halides is 2. The molecule has 6 nitrogen and oxygen atoms in total. The van der Waals surface area contributed by atoms with E-state index in [9.17, 15) is 8.78 Å². The molecule has 0 unspecified atom stereocenters. The molecule has 0 aliphatic carbocycles. The van der Waals surface area contributed by atoms with Crippen molar-refractivity contribution in [3.05, 3.63) is 94.8 Å². The number of rotatable bonds is 8. The van der Waals surface area contributed by atoms with Crippen LogP contribution < -0.4 is 9.47 Å². The van der Waals surface area contributed by atoms with Crippen molar-refractivity contribution in [3.63, 3.8) is 0 Å². The quantitative estimate of drug-likeness (QED) is 0.276. The van der Waals surface area contributed by atoms with Crippen LogP contribution in [0.15, 0.2) is 84.0 Å². The van der Waals surface area contributed by atoms with Crippen LogP contribution >= 0.6 is 12.2 Å². The molecule has 4 aromatic rings. The van der Waals surface area contributed by atoms with E-state index >= 15 is 0 Å². The Morgan fingerprint density at radius 1 is 0.969 bits per heavy atom. The first kappa shape index (κ1) is 21.4. The van der Waals surface area contributed by atoms with E-state index in [-0.39, 0.29) is 5.75 Å². The zero-order chi connectivity index (χ0) is 22.3. The molecule has 0 bridgehead atoms. The lowest BCUT2D eigenvalue weighted by Crippen LogP contribution is -2.01. The van der Waals surface area contributed by atoms with Gasteiger partial charge in [-0.3, -0.25) is 0 Å². The average Bonchev–Trinajstić information content (AvgIpc) is 3.18. The van der Waals surface area contributed by atoms with Gasteiger partial charge in [-0.25, -0.2) is 5.10 Å². The van der Waals surface area contributed by atoms with Gasteiger partial charge in [0.25, 0.3) is 0 Å². The molecule has 3 aromatic carbocycles. The molecule has 0 amide bonds. The topological polar surface area (TPSA) is 64.4 Å². The second kappa shape index (κ2) is 9.97. The van der Waals surface area contributed by atoms with Crippen LogP contribution in [0.5, 0.6) is 11.5 Å². The first-order valence-electron chi connectivity index (χ1n) is 9.62. The number of nitrogens with one attached hydrogen (secondary N) is 1. The van der Waals surface area contributed by atoms with E-state index in [0.717, 1.165) is 16.9 Å². The number of H-pyrrole nitrogens is 1. The summed E-state index contributed by atoms with van der Waals surface area (Å²) in [6.45, 7) is -2.39. The normalized spacial score (nSPS) is 11.2. The minimum Gasteiger partial charge on any atom is -0.489 e. The lowest BCUT2D eigenvalue weighted by atomic mass is 10.2. The minimum absolute atomic E-state index is 0.0579. The minimum atomic E-state index is -2.88. The second-order valence-corrected chi connectivity index (χ2v) is 7.04. The number of hydrogen-bond acceptors (Lipinski definition) is 5. The maximum absolute atomic E-state index is 12.3. The molecule has 1 N–H and O–H groups in total. The number of nitrogens with zero attached hydrogens (tertiary/aromatic N) is 3.